The van der Waals surface area contributed by atoms with Crippen LogP contribution in [-0.2, 0) is 6.54 Å². The lowest BCUT2D eigenvalue weighted by molar-refractivity contribution is 0.230. The normalized spacial score (nSPS) is 10.7. The summed E-state index contributed by atoms with van der Waals surface area (Å²) in [6.07, 6.45) is 3.70. The molecule has 2 heterocycles. The molecule has 0 saturated heterocycles. The fourth-order valence-electron chi connectivity index (χ4n) is 1.65. The molecule has 0 aliphatic rings. The van der Waals surface area contributed by atoms with Crippen LogP contribution >= 0.6 is 23.4 Å². The summed E-state index contributed by atoms with van der Waals surface area (Å²) in [4.78, 5) is 12.7. The molecular formula is C14H17ClN4OS. The van der Waals surface area contributed by atoms with E-state index in [4.69, 9.17) is 16.3 Å². The van der Waals surface area contributed by atoms with Crippen LogP contribution in [-0.4, -0.2) is 27.3 Å². The van der Waals surface area contributed by atoms with Gasteiger partial charge in [-0.1, -0.05) is 29.4 Å². The predicted octanol–water partition coefficient (Wildman–Crippen LogP) is 3.65. The SMILES string of the molecule is CSc1nc(Cl)cc(NCc2cccnc2OC(C)C)n1. The van der Waals surface area contributed by atoms with Crippen LogP contribution in [0.2, 0.25) is 5.15 Å². The summed E-state index contributed by atoms with van der Waals surface area (Å²) in [5.74, 6) is 1.31. The van der Waals surface area contributed by atoms with Crippen molar-refractivity contribution in [2.24, 2.45) is 0 Å². The number of halogens is 1. The van der Waals surface area contributed by atoms with Gasteiger partial charge >= 0.3 is 0 Å². The molecule has 2 aromatic heterocycles. The van der Waals surface area contributed by atoms with E-state index in [-0.39, 0.29) is 6.10 Å². The van der Waals surface area contributed by atoms with Gasteiger partial charge in [-0.2, -0.15) is 0 Å². The van der Waals surface area contributed by atoms with E-state index in [1.165, 1.54) is 11.8 Å². The summed E-state index contributed by atoms with van der Waals surface area (Å²) in [5, 5.41) is 4.27. The van der Waals surface area contributed by atoms with Crippen LogP contribution in [0.1, 0.15) is 19.4 Å². The lowest BCUT2D eigenvalue weighted by atomic mass is 10.2. The zero-order valence-corrected chi connectivity index (χ0v) is 13.7. The highest BCUT2D eigenvalue weighted by molar-refractivity contribution is 7.98. The highest BCUT2D eigenvalue weighted by Gasteiger charge is 2.08. The van der Waals surface area contributed by atoms with Gasteiger partial charge in [0.25, 0.3) is 0 Å². The van der Waals surface area contributed by atoms with Crippen LogP contribution in [0.15, 0.2) is 29.6 Å². The Labute approximate surface area is 133 Å². The van der Waals surface area contributed by atoms with E-state index in [2.05, 4.69) is 20.3 Å². The summed E-state index contributed by atoms with van der Waals surface area (Å²) in [7, 11) is 0. The first-order chi connectivity index (χ1) is 10.1. The Morgan fingerprint density at radius 3 is 2.90 bits per heavy atom. The molecule has 0 radical (unpaired) electrons. The Morgan fingerprint density at radius 2 is 2.19 bits per heavy atom. The number of rotatable bonds is 6. The fraction of sp³-hybridized carbons (Fsp3) is 0.357. The number of nitrogens with zero attached hydrogens (tertiary/aromatic N) is 3. The minimum Gasteiger partial charge on any atom is -0.475 e. The smallest absolute Gasteiger partial charge is 0.218 e. The van der Waals surface area contributed by atoms with Crippen molar-refractivity contribution < 1.29 is 4.74 Å². The van der Waals surface area contributed by atoms with Gasteiger partial charge in [0, 0.05) is 24.4 Å². The number of aromatic nitrogens is 3. The van der Waals surface area contributed by atoms with Crippen molar-refractivity contribution in [1.29, 1.82) is 0 Å². The highest BCUT2D eigenvalue weighted by Crippen LogP contribution is 2.20. The molecule has 0 aliphatic heterocycles. The van der Waals surface area contributed by atoms with Crippen LogP contribution in [0.3, 0.4) is 0 Å². The third kappa shape index (κ3) is 4.75. The van der Waals surface area contributed by atoms with Gasteiger partial charge in [-0.15, -0.1) is 0 Å². The first-order valence-electron chi connectivity index (χ1n) is 6.51. The van der Waals surface area contributed by atoms with E-state index >= 15 is 0 Å². The Morgan fingerprint density at radius 1 is 1.38 bits per heavy atom. The largest absolute Gasteiger partial charge is 0.475 e. The molecule has 0 aliphatic carbocycles. The number of ether oxygens (including phenoxy) is 1. The van der Waals surface area contributed by atoms with Crippen molar-refractivity contribution in [3.63, 3.8) is 0 Å². The first-order valence-corrected chi connectivity index (χ1v) is 8.11. The third-order valence-corrected chi connectivity index (χ3v) is 3.26. The molecule has 0 amide bonds. The molecule has 5 nitrogen and oxygen atoms in total. The van der Waals surface area contributed by atoms with E-state index in [1.807, 2.05) is 32.2 Å². The van der Waals surface area contributed by atoms with E-state index in [9.17, 15) is 0 Å². The van der Waals surface area contributed by atoms with Gasteiger partial charge in [0.2, 0.25) is 5.88 Å². The fourth-order valence-corrected chi connectivity index (χ4v) is 2.27. The van der Waals surface area contributed by atoms with Crippen LogP contribution in [0.25, 0.3) is 0 Å². The average Bonchev–Trinajstić information content (AvgIpc) is 2.45. The second kappa shape index (κ2) is 7.47. The molecule has 7 heteroatoms. The molecule has 21 heavy (non-hydrogen) atoms. The lowest BCUT2D eigenvalue weighted by Crippen LogP contribution is -2.11. The van der Waals surface area contributed by atoms with Gasteiger partial charge in [-0.05, 0) is 26.2 Å². The number of hydrogen-bond acceptors (Lipinski definition) is 6. The third-order valence-electron chi connectivity index (χ3n) is 2.51. The average molecular weight is 325 g/mol. The molecule has 0 fully saturated rings. The van der Waals surface area contributed by atoms with Crippen molar-refractivity contribution in [3.05, 3.63) is 35.1 Å². The van der Waals surface area contributed by atoms with E-state index in [0.717, 1.165) is 5.56 Å². The second-order valence-electron chi connectivity index (χ2n) is 4.55. The number of nitrogens with one attached hydrogen (secondary N) is 1. The van der Waals surface area contributed by atoms with Crippen LogP contribution in [0.5, 0.6) is 5.88 Å². The van der Waals surface area contributed by atoms with Crippen LogP contribution in [0, 0.1) is 0 Å². The number of pyridine rings is 1. The molecule has 0 spiro atoms. The molecule has 0 atom stereocenters. The van der Waals surface area contributed by atoms with Gasteiger partial charge in [-0.3, -0.25) is 0 Å². The minimum absolute atomic E-state index is 0.0789. The number of hydrogen-bond donors (Lipinski definition) is 1. The summed E-state index contributed by atoms with van der Waals surface area (Å²) in [5.41, 5.74) is 0.964. The van der Waals surface area contributed by atoms with E-state index < -0.39 is 0 Å². The standard InChI is InChI=1S/C14H17ClN4OS/c1-9(2)20-13-10(5-4-6-16-13)8-17-12-7-11(15)18-14(19-12)21-3/h4-7,9H,8H2,1-3H3,(H,17,18,19). The van der Waals surface area contributed by atoms with Crippen molar-refractivity contribution >= 4 is 29.2 Å². The molecule has 0 bridgehead atoms. The minimum atomic E-state index is 0.0789. The summed E-state index contributed by atoms with van der Waals surface area (Å²) >= 11 is 7.42. The lowest BCUT2D eigenvalue weighted by Gasteiger charge is -2.13. The Hall–Kier alpha value is -1.53. The molecule has 112 valence electrons. The summed E-state index contributed by atoms with van der Waals surface area (Å²) in [6, 6.07) is 5.54. The molecule has 0 aromatic carbocycles. The second-order valence-corrected chi connectivity index (χ2v) is 5.71. The predicted molar refractivity (Wildman–Crippen MR) is 86.2 cm³/mol. The Kier molecular flexibility index (Phi) is 5.64. The van der Waals surface area contributed by atoms with Crippen LogP contribution in [0.4, 0.5) is 5.82 Å². The van der Waals surface area contributed by atoms with Crippen molar-refractivity contribution in [1.82, 2.24) is 15.0 Å². The zero-order valence-electron chi connectivity index (χ0n) is 12.1. The Bertz CT molecular complexity index is 609. The Balaban J connectivity index is 2.11. The summed E-state index contributed by atoms with van der Waals surface area (Å²) < 4.78 is 5.69. The molecular weight excluding hydrogens is 308 g/mol. The summed E-state index contributed by atoms with van der Waals surface area (Å²) in [6.45, 7) is 4.50. The van der Waals surface area contributed by atoms with Crippen molar-refractivity contribution in [2.45, 2.75) is 31.7 Å². The van der Waals surface area contributed by atoms with Crippen molar-refractivity contribution in [3.8, 4) is 5.88 Å². The van der Waals surface area contributed by atoms with E-state index in [0.29, 0.717) is 28.6 Å². The first kappa shape index (κ1) is 15.9. The van der Waals surface area contributed by atoms with Crippen LogP contribution < -0.4 is 10.1 Å². The topological polar surface area (TPSA) is 59.9 Å². The van der Waals surface area contributed by atoms with Gasteiger partial charge in [-0.25, -0.2) is 15.0 Å². The highest BCUT2D eigenvalue weighted by atomic mass is 35.5. The molecule has 0 unspecified atom stereocenters. The van der Waals surface area contributed by atoms with Crippen molar-refractivity contribution in [2.75, 3.05) is 11.6 Å². The van der Waals surface area contributed by atoms with Gasteiger partial charge in [0.05, 0.1) is 6.10 Å². The van der Waals surface area contributed by atoms with Gasteiger partial charge in [0.15, 0.2) is 5.16 Å². The number of anilines is 1. The number of thioether (sulfide) groups is 1. The quantitative estimate of drug-likeness (QED) is 0.497. The monoisotopic (exact) mass is 324 g/mol. The maximum absolute atomic E-state index is 5.97. The maximum atomic E-state index is 5.97. The van der Waals surface area contributed by atoms with Gasteiger partial charge in [0.1, 0.15) is 11.0 Å². The van der Waals surface area contributed by atoms with E-state index in [1.54, 1.807) is 12.3 Å². The molecule has 2 aromatic rings. The maximum Gasteiger partial charge on any atom is 0.218 e. The molecule has 1 N–H and O–H groups in total. The molecule has 0 saturated carbocycles. The molecule has 2 rings (SSSR count). The zero-order chi connectivity index (χ0) is 15.2. The van der Waals surface area contributed by atoms with Gasteiger partial charge < -0.3 is 10.1 Å².